The van der Waals surface area contributed by atoms with Crippen molar-refractivity contribution in [2.24, 2.45) is 0 Å². The number of nitrogens with one attached hydrogen (secondary N) is 1. The first-order valence-electron chi connectivity index (χ1n) is 8.26. The third-order valence-electron chi connectivity index (χ3n) is 3.78. The Morgan fingerprint density at radius 2 is 1.71 bits per heavy atom. The molecule has 0 saturated heterocycles. The topological polar surface area (TPSA) is 32.3 Å². The van der Waals surface area contributed by atoms with Crippen LogP contribution >= 0.6 is 0 Å². The fourth-order valence-electron chi connectivity index (χ4n) is 2.32. The van der Waals surface area contributed by atoms with Crippen molar-refractivity contribution in [1.82, 2.24) is 10.2 Å². The summed E-state index contributed by atoms with van der Waals surface area (Å²) in [6.07, 6.45) is 5.30. The predicted octanol–water partition coefficient (Wildman–Crippen LogP) is 4.15. The monoisotopic (exact) mass is 290 g/mol. The average Bonchev–Trinajstić information content (AvgIpc) is 2.49. The van der Waals surface area contributed by atoms with Crippen LogP contribution in [-0.2, 0) is 6.42 Å². The molecule has 2 amide bonds. The number of nitrogens with zero attached hydrogens (tertiary/aromatic N) is 1. The minimum Gasteiger partial charge on any atom is -0.338 e. The fraction of sp³-hybridized carbons (Fsp3) is 0.611. The van der Waals surface area contributed by atoms with Gasteiger partial charge in [-0.05, 0) is 37.3 Å². The summed E-state index contributed by atoms with van der Waals surface area (Å²) in [7, 11) is 0. The van der Waals surface area contributed by atoms with Crippen LogP contribution in [0.2, 0.25) is 0 Å². The second-order valence-corrected chi connectivity index (χ2v) is 5.60. The molecule has 118 valence electrons. The summed E-state index contributed by atoms with van der Waals surface area (Å²) in [4.78, 5) is 14.2. The van der Waals surface area contributed by atoms with Gasteiger partial charge in [-0.25, -0.2) is 4.79 Å². The molecule has 0 atom stereocenters. The van der Waals surface area contributed by atoms with Crippen molar-refractivity contribution < 1.29 is 4.79 Å². The number of hydrogen-bond acceptors (Lipinski definition) is 1. The normalized spacial score (nSPS) is 10.4. The van der Waals surface area contributed by atoms with Gasteiger partial charge < -0.3 is 10.2 Å². The largest absolute Gasteiger partial charge is 0.338 e. The lowest BCUT2D eigenvalue weighted by Crippen LogP contribution is -2.41. The van der Waals surface area contributed by atoms with Crippen LogP contribution in [0.4, 0.5) is 4.79 Å². The number of benzene rings is 1. The molecular weight excluding hydrogens is 260 g/mol. The van der Waals surface area contributed by atoms with E-state index in [1.807, 2.05) is 4.90 Å². The highest BCUT2D eigenvalue weighted by Gasteiger charge is 2.11. The molecule has 0 unspecified atom stereocenters. The maximum atomic E-state index is 12.2. The van der Waals surface area contributed by atoms with Gasteiger partial charge in [0.15, 0.2) is 0 Å². The van der Waals surface area contributed by atoms with E-state index in [1.54, 1.807) is 0 Å². The third-order valence-corrected chi connectivity index (χ3v) is 3.78. The maximum Gasteiger partial charge on any atom is 0.317 e. The first-order valence-corrected chi connectivity index (χ1v) is 8.26. The van der Waals surface area contributed by atoms with Crippen molar-refractivity contribution in [3.8, 4) is 0 Å². The Labute approximate surface area is 129 Å². The summed E-state index contributed by atoms with van der Waals surface area (Å²) in [5, 5.41) is 3.06. The molecule has 3 heteroatoms. The summed E-state index contributed by atoms with van der Waals surface area (Å²) in [5.74, 6) is 0. The van der Waals surface area contributed by atoms with Crippen LogP contribution in [-0.4, -0.2) is 30.6 Å². The first-order chi connectivity index (χ1) is 10.2. The number of carbonyl (C=O) groups excluding carboxylic acids is 1. The smallest absolute Gasteiger partial charge is 0.317 e. The summed E-state index contributed by atoms with van der Waals surface area (Å²) < 4.78 is 0. The SMILES string of the molecule is CCCCN(CCCC)C(=O)NCCc1ccccc1C. The standard InChI is InChI=1S/C18H30N2O/c1-4-6-14-20(15-7-5-2)18(21)19-13-12-17-11-9-8-10-16(17)3/h8-11H,4-7,12-15H2,1-3H3,(H,19,21). The summed E-state index contributed by atoms with van der Waals surface area (Å²) >= 11 is 0. The van der Waals surface area contributed by atoms with E-state index in [-0.39, 0.29) is 6.03 Å². The minimum atomic E-state index is 0.0884. The molecule has 0 spiro atoms. The van der Waals surface area contributed by atoms with Gasteiger partial charge in [0, 0.05) is 19.6 Å². The van der Waals surface area contributed by atoms with Crippen molar-refractivity contribution in [3.05, 3.63) is 35.4 Å². The number of amides is 2. The van der Waals surface area contributed by atoms with Gasteiger partial charge in [-0.3, -0.25) is 0 Å². The van der Waals surface area contributed by atoms with Crippen LogP contribution in [0.25, 0.3) is 0 Å². The van der Waals surface area contributed by atoms with Crippen LogP contribution in [0, 0.1) is 6.92 Å². The van der Waals surface area contributed by atoms with E-state index in [0.29, 0.717) is 6.54 Å². The molecule has 0 radical (unpaired) electrons. The zero-order valence-electron chi connectivity index (χ0n) is 13.8. The van der Waals surface area contributed by atoms with Crippen molar-refractivity contribution >= 4 is 6.03 Å². The second-order valence-electron chi connectivity index (χ2n) is 5.60. The van der Waals surface area contributed by atoms with Gasteiger partial charge in [-0.15, -0.1) is 0 Å². The van der Waals surface area contributed by atoms with Gasteiger partial charge in [0.1, 0.15) is 0 Å². The zero-order valence-corrected chi connectivity index (χ0v) is 13.8. The molecule has 1 N–H and O–H groups in total. The first kappa shape index (κ1) is 17.5. The van der Waals surface area contributed by atoms with Gasteiger partial charge in [-0.2, -0.15) is 0 Å². The Kier molecular flexibility index (Phi) is 8.56. The molecule has 1 aromatic carbocycles. The third kappa shape index (κ3) is 6.65. The number of unbranched alkanes of at least 4 members (excludes halogenated alkanes) is 2. The lowest BCUT2D eigenvalue weighted by Gasteiger charge is -2.23. The van der Waals surface area contributed by atoms with Gasteiger partial charge in [-0.1, -0.05) is 51.0 Å². The molecule has 21 heavy (non-hydrogen) atoms. The Balaban J connectivity index is 2.40. The molecule has 0 heterocycles. The van der Waals surface area contributed by atoms with E-state index in [1.165, 1.54) is 11.1 Å². The molecule has 0 bridgehead atoms. The van der Waals surface area contributed by atoms with Gasteiger partial charge in [0.05, 0.1) is 0 Å². The Hall–Kier alpha value is -1.51. The van der Waals surface area contributed by atoms with E-state index in [0.717, 1.165) is 45.2 Å². The molecule has 0 fully saturated rings. The van der Waals surface area contributed by atoms with E-state index in [4.69, 9.17) is 0 Å². The average molecular weight is 290 g/mol. The molecule has 0 saturated carbocycles. The van der Waals surface area contributed by atoms with Gasteiger partial charge in [0.25, 0.3) is 0 Å². The second kappa shape index (κ2) is 10.3. The summed E-state index contributed by atoms with van der Waals surface area (Å²) in [5.41, 5.74) is 2.60. The maximum absolute atomic E-state index is 12.2. The van der Waals surface area contributed by atoms with E-state index >= 15 is 0 Å². The van der Waals surface area contributed by atoms with E-state index in [9.17, 15) is 4.79 Å². The molecular formula is C18H30N2O. The molecule has 1 rings (SSSR count). The van der Waals surface area contributed by atoms with Crippen LogP contribution in [0.1, 0.15) is 50.7 Å². The Morgan fingerprint density at radius 1 is 1.10 bits per heavy atom. The lowest BCUT2D eigenvalue weighted by atomic mass is 10.1. The summed E-state index contributed by atoms with van der Waals surface area (Å²) in [6, 6.07) is 8.44. The van der Waals surface area contributed by atoms with Crippen LogP contribution in [0.5, 0.6) is 0 Å². The number of carbonyl (C=O) groups is 1. The van der Waals surface area contributed by atoms with Gasteiger partial charge in [0.2, 0.25) is 0 Å². The fourth-order valence-corrected chi connectivity index (χ4v) is 2.32. The molecule has 0 aliphatic rings. The Morgan fingerprint density at radius 3 is 2.29 bits per heavy atom. The van der Waals surface area contributed by atoms with Crippen molar-refractivity contribution in [2.45, 2.75) is 52.9 Å². The quantitative estimate of drug-likeness (QED) is 0.728. The van der Waals surface area contributed by atoms with Crippen LogP contribution < -0.4 is 5.32 Å². The zero-order chi connectivity index (χ0) is 15.5. The molecule has 0 aliphatic heterocycles. The van der Waals surface area contributed by atoms with Crippen LogP contribution in [0.15, 0.2) is 24.3 Å². The predicted molar refractivity (Wildman–Crippen MR) is 89.7 cm³/mol. The number of aryl methyl sites for hydroxylation is 1. The molecule has 1 aromatic rings. The lowest BCUT2D eigenvalue weighted by molar-refractivity contribution is 0.196. The van der Waals surface area contributed by atoms with Crippen molar-refractivity contribution in [1.29, 1.82) is 0 Å². The number of hydrogen-bond donors (Lipinski definition) is 1. The highest BCUT2D eigenvalue weighted by molar-refractivity contribution is 5.74. The number of urea groups is 1. The van der Waals surface area contributed by atoms with Gasteiger partial charge >= 0.3 is 6.03 Å². The van der Waals surface area contributed by atoms with E-state index in [2.05, 4.69) is 50.4 Å². The highest BCUT2D eigenvalue weighted by atomic mass is 16.2. The molecule has 3 nitrogen and oxygen atoms in total. The van der Waals surface area contributed by atoms with Crippen LogP contribution in [0.3, 0.4) is 0 Å². The van der Waals surface area contributed by atoms with E-state index < -0.39 is 0 Å². The van der Waals surface area contributed by atoms with Crippen molar-refractivity contribution in [3.63, 3.8) is 0 Å². The molecule has 0 aliphatic carbocycles. The Bertz CT molecular complexity index is 409. The minimum absolute atomic E-state index is 0.0884. The van der Waals surface area contributed by atoms with Crippen molar-refractivity contribution in [2.75, 3.05) is 19.6 Å². The summed E-state index contributed by atoms with van der Waals surface area (Å²) in [6.45, 7) is 8.88. The molecule has 0 aromatic heterocycles. The highest BCUT2D eigenvalue weighted by Crippen LogP contribution is 2.07. The number of rotatable bonds is 9.